The smallest absolute Gasteiger partial charge is 0.162 e. The van der Waals surface area contributed by atoms with Crippen LogP contribution in [0.4, 0.5) is 0 Å². The molecule has 0 saturated heterocycles. The Morgan fingerprint density at radius 3 is 0.590 bits per heavy atom. The maximum atomic E-state index is 6.90. The lowest BCUT2D eigenvalue weighted by molar-refractivity contribution is 0.258. The second kappa shape index (κ2) is 60.0. The lowest BCUT2D eigenvalue weighted by atomic mass is 9.83. The Bertz CT molecular complexity index is 3720. The van der Waals surface area contributed by atoms with E-state index in [0.29, 0.717) is 92.9 Å². The van der Waals surface area contributed by atoms with Gasteiger partial charge in [-0.1, -0.05) is 422 Å². The van der Waals surface area contributed by atoms with Gasteiger partial charge in [-0.3, -0.25) is 0 Å². The van der Waals surface area contributed by atoms with Crippen molar-refractivity contribution in [3.05, 3.63) is 79.9 Å². The maximum Gasteiger partial charge on any atom is 0.162 e. The molecule has 0 heterocycles. The minimum absolute atomic E-state index is 0.411. The quantitative estimate of drug-likeness (QED) is 0.0321. The Morgan fingerprint density at radius 2 is 0.377 bits per heavy atom. The van der Waals surface area contributed by atoms with E-state index in [1.807, 2.05) is 0 Å². The van der Waals surface area contributed by atoms with Crippen LogP contribution in [-0.4, -0.2) is 58.7 Å². The number of hydrogen-bond acceptors (Lipinski definition) is 4. The van der Waals surface area contributed by atoms with Gasteiger partial charge in [0.2, 0.25) is 0 Å². The predicted octanol–water partition coefficient (Wildman–Crippen LogP) is 34.0. The van der Waals surface area contributed by atoms with Crippen molar-refractivity contribution in [2.75, 3.05) is 26.4 Å². The molecule has 0 fully saturated rings. The summed E-state index contributed by atoms with van der Waals surface area (Å²) in [5.74, 6) is 49.3. The van der Waals surface area contributed by atoms with Crippen LogP contribution in [-0.2, 0) is 12.8 Å². The summed E-state index contributed by atoms with van der Waals surface area (Å²) in [6.07, 6.45) is 38.7. The summed E-state index contributed by atoms with van der Waals surface area (Å²) in [5, 5.41) is 0. The van der Waals surface area contributed by atoms with Crippen LogP contribution in [0.3, 0.4) is 0 Å². The molecule has 3 aromatic carbocycles. The SMILES string of the molecule is CCCCCCCCOc1cc(C#CC#Cc2c(C#C[Si](C(C)C)(C(C)C)C(C)C)c(CCCCCC)c(C#CC#Cc3cc(OCCCCCCCC)c(OCCCCCCCC)cc3C#C[Si](C(C)C)(C(C)C)C(C)C)c(C#C[Si](C(C)C)(C(C)C)C(C)C)c2CCCCCC)c(C#C[Si](C(C)C)(C(C)C)C(C)C)cc1OCCCCCCCC. The molecular weight excluding hydrogens is 1550 g/mol. The maximum absolute atomic E-state index is 6.90. The molecule has 0 spiro atoms. The van der Waals surface area contributed by atoms with E-state index in [4.69, 9.17) is 18.9 Å². The molecule has 0 aromatic heterocycles. The zero-order chi connectivity index (χ0) is 90.9. The molecule has 3 aromatic rings. The Labute approximate surface area is 761 Å². The van der Waals surface area contributed by atoms with E-state index >= 15 is 0 Å². The Balaban J connectivity index is 3.06. The zero-order valence-electron chi connectivity index (χ0n) is 84.7. The van der Waals surface area contributed by atoms with Gasteiger partial charge in [0.25, 0.3) is 0 Å². The third-order valence-electron chi connectivity index (χ3n) is 27.5. The summed E-state index contributed by atoms with van der Waals surface area (Å²) >= 11 is 0. The van der Waals surface area contributed by atoms with Crippen molar-refractivity contribution in [3.8, 4) is 116 Å². The molecule has 3 rings (SSSR count). The third kappa shape index (κ3) is 33.8. The van der Waals surface area contributed by atoms with Gasteiger partial charge in [0.15, 0.2) is 23.0 Å². The predicted molar refractivity (Wildman–Crippen MR) is 550 cm³/mol. The molecule has 0 aliphatic heterocycles. The molecule has 4 nitrogen and oxygen atoms in total. The second-order valence-electron chi connectivity index (χ2n) is 39.8. The van der Waals surface area contributed by atoms with E-state index in [9.17, 15) is 0 Å². The largest absolute Gasteiger partial charge is 0.490 e. The van der Waals surface area contributed by atoms with Crippen molar-refractivity contribution in [1.29, 1.82) is 0 Å². The van der Waals surface area contributed by atoms with E-state index in [2.05, 4.69) is 325 Å². The highest BCUT2D eigenvalue weighted by molar-refractivity contribution is 6.92. The van der Waals surface area contributed by atoms with E-state index in [1.165, 1.54) is 103 Å². The van der Waals surface area contributed by atoms with Gasteiger partial charge in [-0.15, -0.1) is 22.2 Å². The number of ether oxygens (including phenoxy) is 4. The Morgan fingerprint density at radius 1 is 0.205 bits per heavy atom. The molecule has 0 atom stereocenters. The van der Waals surface area contributed by atoms with Crippen LogP contribution in [0, 0.1) is 93.2 Å². The summed E-state index contributed by atoms with van der Waals surface area (Å²) in [6, 6.07) is 8.63. The Kier molecular flexibility index (Phi) is 54.3. The number of unbranched alkanes of at least 4 members (excludes halogenated alkanes) is 26. The van der Waals surface area contributed by atoms with Gasteiger partial charge >= 0.3 is 0 Å². The van der Waals surface area contributed by atoms with Gasteiger partial charge in [-0.05, 0) is 153 Å². The van der Waals surface area contributed by atoms with Crippen molar-refractivity contribution < 1.29 is 18.9 Å². The molecule has 0 unspecified atom stereocenters. The summed E-state index contributed by atoms with van der Waals surface area (Å²) in [6.45, 7) is 74.3. The van der Waals surface area contributed by atoms with Crippen molar-refractivity contribution in [2.45, 2.75) is 493 Å². The van der Waals surface area contributed by atoms with Crippen molar-refractivity contribution >= 4 is 32.3 Å². The number of hydrogen-bond donors (Lipinski definition) is 0. The fourth-order valence-corrected chi connectivity index (χ4v) is 41.3. The zero-order valence-corrected chi connectivity index (χ0v) is 88.7. The van der Waals surface area contributed by atoms with Crippen molar-refractivity contribution in [3.63, 3.8) is 0 Å². The molecule has 678 valence electrons. The van der Waals surface area contributed by atoms with E-state index in [1.54, 1.807) is 0 Å². The normalized spacial score (nSPS) is 11.8. The lowest BCUT2D eigenvalue weighted by Gasteiger charge is -2.38. The minimum Gasteiger partial charge on any atom is -0.490 e. The molecule has 0 amide bonds. The van der Waals surface area contributed by atoms with Crippen LogP contribution in [0.1, 0.15) is 469 Å². The first-order valence-electron chi connectivity index (χ1n) is 50.6. The highest BCUT2D eigenvalue weighted by atomic mass is 28.3. The van der Waals surface area contributed by atoms with Crippen molar-refractivity contribution in [1.82, 2.24) is 0 Å². The molecule has 122 heavy (non-hydrogen) atoms. The molecule has 0 N–H and O–H groups in total. The molecule has 0 radical (unpaired) electrons. The monoisotopic (exact) mass is 1730 g/mol. The fourth-order valence-electron chi connectivity index (χ4n) is 20.4. The van der Waals surface area contributed by atoms with Gasteiger partial charge in [0.1, 0.15) is 32.3 Å². The lowest BCUT2D eigenvalue weighted by Crippen LogP contribution is -2.43. The fraction of sp³-hybridized carbons (Fsp3) is 0.702. The molecule has 0 aliphatic rings. The van der Waals surface area contributed by atoms with Crippen LogP contribution in [0.5, 0.6) is 23.0 Å². The highest BCUT2D eigenvalue weighted by Crippen LogP contribution is 2.46. The minimum atomic E-state index is -2.38. The Hall–Kier alpha value is -5.79. The van der Waals surface area contributed by atoms with E-state index in [-0.39, 0.29) is 0 Å². The van der Waals surface area contributed by atoms with Crippen LogP contribution >= 0.6 is 0 Å². The van der Waals surface area contributed by atoms with Gasteiger partial charge in [-0.2, -0.15) is 0 Å². The van der Waals surface area contributed by atoms with Crippen LogP contribution in [0.2, 0.25) is 66.5 Å². The first kappa shape index (κ1) is 110. The van der Waals surface area contributed by atoms with Gasteiger partial charge in [-0.25, -0.2) is 0 Å². The van der Waals surface area contributed by atoms with Gasteiger partial charge in [0.05, 0.1) is 26.4 Å². The first-order valence-corrected chi connectivity index (χ1v) is 59.5. The molecular formula is C114H182O4Si4. The second-order valence-corrected chi connectivity index (χ2v) is 62.1. The van der Waals surface area contributed by atoms with Crippen LogP contribution < -0.4 is 18.9 Å². The van der Waals surface area contributed by atoms with E-state index in [0.717, 1.165) is 194 Å². The first-order chi connectivity index (χ1) is 58.3. The number of benzene rings is 3. The molecule has 0 aliphatic carbocycles. The average molecular weight is 1730 g/mol. The summed E-state index contributed by atoms with van der Waals surface area (Å²) < 4.78 is 27.5. The molecule has 8 heteroatoms. The molecule has 0 saturated carbocycles. The average Bonchev–Trinajstić information content (AvgIpc) is 0.752. The van der Waals surface area contributed by atoms with Gasteiger partial charge < -0.3 is 18.9 Å². The van der Waals surface area contributed by atoms with Gasteiger partial charge in [0, 0.05) is 68.8 Å². The highest BCUT2D eigenvalue weighted by Gasteiger charge is 2.45. The van der Waals surface area contributed by atoms with E-state index < -0.39 is 32.3 Å². The van der Waals surface area contributed by atoms with Crippen LogP contribution in [0.15, 0.2) is 24.3 Å². The molecule has 0 bridgehead atoms. The third-order valence-corrected chi connectivity index (χ3v) is 52.6. The summed E-state index contributed by atoms with van der Waals surface area (Å²) in [5.41, 5.74) is 31.8. The van der Waals surface area contributed by atoms with Crippen molar-refractivity contribution in [2.24, 2.45) is 0 Å². The summed E-state index contributed by atoms with van der Waals surface area (Å²) in [4.78, 5) is 0. The van der Waals surface area contributed by atoms with Crippen LogP contribution in [0.25, 0.3) is 0 Å². The standard InChI is InChI=1S/C114H182O4Si4/c1-31-37-43-49-53-63-77-115-111-85-101(103(73-81-119(89(7)8,90(9)10)91(11)12)87-113(111)117-79-65-55-51-45-39-33-3)67-59-61-71-107-105(69-57-47-41-35-5)110(76-84-122(98(25)26,99(27)28)100(29)30)108(106(70-58-48-42-36-6)109(107)75-83-121(95(19)20,96(21)22)97(23)24)72-62-60-68-102-86-112(116-78-64-54-50-44-38-32-2)114(118-80-66-56-52-46-40-34-4)88-104(102)74-82-120(92(13)14,93(15)16)94(17)18/h85-100H,31-58,63-66,69-70,77-80H2,1-30H3. The topological polar surface area (TPSA) is 36.9 Å². The number of rotatable bonds is 54. The summed E-state index contributed by atoms with van der Waals surface area (Å²) in [7, 11) is -9.16.